The van der Waals surface area contributed by atoms with Gasteiger partial charge in [-0.05, 0) is 82.9 Å². The summed E-state index contributed by atoms with van der Waals surface area (Å²) < 4.78 is 19.1. The number of ether oxygens (including phenoxy) is 1. The number of rotatable bonds is 6. The molecule has 0 spiro atoms. The van der Waals surface area contributed by atoms with E-state index in [9.17, 15) is 24.1 Å². The molecule has 9 heteroatoms. The first-order chi connectivity index (χ1) is 15.9. The molecule has 0 bridgehead atoms. The molecule has 0 aliphatic carbocycles. The topological polar surface area (TPSA) is 102 Å². The Balaban J connectivity index is 1.85. The third-order valence-electron chi connectivity index (χ3n) is 5.62. The van der Waals surface area contributed by atoms with Crippen molar-refractivity contribution in [3.63, 3.8) is 0 Å². The average Bonchev–Trinajstić information content (AvgIpc) is 2.74. The van der Waals surface area contributed by atoms with Gasteiger partial charge in [-0.15, -0.1) is 0 Å². The second-order valence-electron chi connectivity index (χ2n) is 9.52. The zero-order valence-electron chi connectivity index (χ0n) is 19.9. The van der Waals surface area contributed by atoms with Gasteiger partial charge in [0, 0.05) is 29.9 Å². The van der Waals surface area contributed by atoms with Crippen molar-refractivity contribution in [2.24, 2.45) is 0 Å². The van der Waals surface area contributed by atoms with E-state index >= 15 is 0 Å². The molecule has 3 rings (SSSR count). The molecule has 1 atom stereocenters. The van der Waals surface area contributed by atoms with E-state index in [1.165, 1.54) is 18.2 Å². The number of nitro benzene ring substituents is 1. The molecule has 1 aliphatic rings. The SMILES string of the molecule is C[C@@H]1CCCCN1c1ccc(C(=O)Nc2ccc(F)cc2CC(=O)OC(C)(C)C)cc1[N+](=O)[O-]. The third kappa shape index (κ3) is 6.30. The van der Waals surface area contributed by atoms with Crippen LogP contribution in [0.4, 0.5) is 21.5 Å². The summed E-state index contributed by atoms with van der Waals surface area (Å²) in [6.07, 6.45) is 2.74. The molecular formula is C25H30FN3O5. The maximum atomic E-state index is 13.8. The smallest absolute Gasteiger partial charge is 0.310 e. The van der Waals surface area contributed by atoms with Crippen LogP contribution >= 0.6 is 0 Å². The van der Waals surface area contributed by atoms with Crippen molar-refractivity contribution in [2.45, 2.75) is 65.0 Å². The predicted octanol–water partition coefficient (Wildman–Crippen LogP) is 5.25. The zero-order chi connectivity index (χ0) is 25.0. The van der Waals surface area contributed by atoms with Gasteiger partial charge in [-0.25, -0.2) is 4.39 Å². The number of carbonyl (C=O) groups excluding carboxylic acids is 2. The van der Waals surface area contributed by atoms with Crippen LogP contribution in [0.1, 0.15) is 62.9 Å². The van der Waals surface area contributed by atoms with Crippen LogP contribution < -0.4 is 10.2 Å². The van der Waals surface area contributed by atoms with Gasteiger partial charge < -0.3 is 15.0 Å². The molecule has 2 aromatic rings. The quantitative estimate of drug-likeness (QED) is 0.351. The number of nitrogens with one attached hydrogen (secondary N) is 1. The highest BCUT2D eigenvalue weighted by molar-refractivity contribution is 6.05. The lowest BCUT2D eigenvalue weighted by molar-refractivity contribution is -0.384. The Hall–Kier alpha value is -3.49. The largest absolute Gasteiger partial charge is 0.460 e. The van der Waals surface area contributed by atoms with Crippen LogP contribution in [0.5, 0.6) is 0 Å². The molecule has 2 aromatic carbocycles. The van der Waals surface area contributed by atoms with Crippen molar-refractivity contribution in [1.29, 1.82) is 0 Å². The zero-order valence-corrected chi connectivity index (χ0v) is 19.9. The van der Waals surface area contributed by atoms with E-state index in [2.05, 4.69) is 5.32 Å². The van der Waals surface area contributed by atoms with Gasteiger partial charge in [0.2, 0.25) is 0 Å². The Morgan fingerprint density at radius 3 is 2.59 bits per heavy atom. The molecule has 182 valence electrons. The Morgan fingerprint density at radius 1 is 1.21 bits per heavy atom. The van der Waals surface area contributed by atoms with Crippen LogP contribution in [-0.2, 0) is 16.0 Å². The van der Waals surface area contributed by atoms with E-state index in [-0.39, 0.29) is 35.0 Å². The summed E-state index contributed by atoms with van der Waals surface area (Å²) in [5.74, 6) is -1.73. The number of esters is 1. The Morgan fingerprint density at radius 2 is 1.94 bits per heavy atom. The van der Waals surface area contributed by atoms with Gasteiger partial charge in [0.15, 0.2) is 0 Å². The predicted molar refractivity (Wildman–Crippen MR) is 128 cm³/mol. The number of hydrogen-bond acceptors (Lipinski definition) is 6. The van der Waals surface area contributed by atoms with Gasteiger partial charge in [0.1, 0.15) is 17.1 Å². The van der Waals surface area contributed by atoms with Crippen molar-refractivity contribution < 1.29 is 23.6 Å². The lowest BCUT2D eigenvalue weighted by Crippen LogP contribution is -2.37. The number of carbonyl (C=O) groups is 2. The number of amides is 1. The summed E-state index contributed by atoms with van der Waals surface area (Å²) >= 11 is 0. The highest BCUT2D eigenvalue weighted by Crippen LogP contribution is 2.34. The van der Waals surface area contributed by atoms with Crippen LogP contribution in [0.25, 0.3) is 0 Å². The molecule has 1 heterocycles. The first-order valence-corrected chi connectivity index (χ1v) is 11.3. The minimum absolute atomic E-state index is 0.0904. The number of nitro groups is 1. The van der Waals surface area contributed by atoms with Gasteiger partial charge in [-0.3, -0.25) is 19.7 Å². The fourth-order valence-electron chi connectivity index (χ4n) is 4.07. The number of halogens is 1. The Labute approximate surface area is 198 Å². The van der Waals surface area contributed by atoms with E-state index in [0.717, 1.165) is 37.9 Å². The summed E-state index contributed by atoms with van der Waals surface area (Å²) in [5.41, 5.74) is 0.202. The summed E-state index contributed by atoms with van der Waals surface area (Å²) in [4.78, 5) is 38.5. The normalized spacial score (nSPS) is 16.1. The third-order valence-corrected chi connectivity index (χ3v) is 5.62. The van der Waals surface area contributed by atoms with Crippen molar-refractivity contribution in [3.8, 4) is 0 Å². The lowest BCUT2D eigenvalue weighted by atomic mass is 10.0. The van der Waals surface area contributed by atoms with E-state index < -0.39 is 28.2 Å². The van der Waals surface area contributed by atoms with Crippen molar-refractivity contribution >= 4 is 28.9 Å². The molecule has 1 N–H and O–H groups in total. The van der Waals surface area contributed by atoms with Gasteiger partial charge >= 0.3 is 5.97 Å². The molecule has 8 nitrogen and oxygen atoms in total. The maximum absolute atomic E-state index is 13.8. The van der Waals surface area contributed by atoms with E-state index in [1.807, 2.05) is 11.8 Å². The molecule has 0 radical (unpaired) electrons. The van der Waals surface area contributed by atoms with E-state index in [4.69, 9.17) is 4.74 Å². The van der Waals surface area contributed by atoms with Crippen molar-refractivity contribution in [1.82, 2.24) is 0 Å². The Bertz CT molecular complexity index is 1100. The Kier molecular flexibility index (Phi) is 7.54. The molecule has 0 unspecified atom stereocenters. The number of hydrogen-bond donors (Lipinski definition) is 1. The van der Waals surface area contributed by atoms with Crippen molar-refractivity contribution in [2.75, 3.05) is 16.8 Å². The fraction of sp³-hybridized carbons (Fsp3) is 0.440. The summed E-state index contributed by atoms with van der Waals surface area (Å²) in [6, 6.07) is 8.23. The van der Waals surface area contributed by atoms with Crippen molar-refractivity contribution in [3.05, 3.63) is 63.5 Å². The fourth-order valence-corrected chi connectivity index (χ4v) is 4.07. The average molecular weight is 472 g/mol. The number of piperidine rings is 1. The molecule has 1 aliphatic heterocycles. The minimum Gasteiger partial charge on any atom is -0.460 e. The highest BCUT2D eigenvalue weighted by Gasteiger charge is 2.27. The molecular weight excluding hydrogens is 441 g/mol. The molecule has 34 heavy (non-hydrogen) atoms. The summed E-state index contributed by atoms with van der Waals surface area (Å²) in [5, 5.41) is 14.4. The minimum atomic E-state index is -0.708. The van der Waals surface area contributed by atoms with Gasteiger partial charge in [0.05, 0.1) is 11.3 Å². The van der Waals surface area contributed by atoms with Crippen LogP contribution in [0.15, 0.2) is 36.4 Å². The monoisotopic (exact) mass is 471 g/mol. The summed E-state index contributed by atoms with van der Waals surface area (Å²) in [7, 11) is 0. The van der Waals surface area contributed by atoms with Gasteiger partial charge in [-0.2, -0.15) is 0 Å². The van der Waals surface area contributed by atoms with E-state index in [0.29, 0.717) is 5.69 Å². The second kappa shape index (κ2) is 10.2. The standard InChI is InChI=1S/C25H30FN3O5/c1-16-7-5-6-12-28(16)21-11-8-17(14-22(21)29(32)33)24(31)27-20-10-9-19(26)13-18(20)15-23(30)34-25(2,3)4/h8-11,13-14,16H,5-7,12,15H2,1-4H3,(H,27,31)/t16-/m1/s1. The summed E-state index contributed by atoms with van der Waals surface area (Å²) in [6.45, 7) is 7.92. The van der Waals surface area contributed by atoms with Crippen LogP contribution in [-0.4, -0.2) is 35.0 Å². The molecule has 1 saturated heterocycles. The lowest BCUT2D eigenvalue weighted by Gasteiger charge is -2.35. The molecule has 0 aromatic heterocycles. The van der Waals surface area contributed by atoms with Crippen LogP contribution in [0.2, 0.25) is 0 Å². The molecule has 1 fully saturated rings. The van der Waals surface area contributed by atoms with Crippen LogP contribution in [0, 0.1) is 15.9 Å². The number of nitrogens with zero attached hydrogens (tertiary/aromatic N) is 2. The van der Waals surface area contributed by atoms with Gasteiger partial charge in [0.25, 0.3) is 11.6 Å². The number of benzene rings is 2. The van der Waals surface area contributed by atoms with Crippen LogP contribution in [0.3, 0.4) is 0 Å². The second-order valence-corrected chi connectivity index (χ2v) is 9.52. The number of anilines is 2. The van der Waals surface area contributed by atoms with E-state index in [1.54, 1.807) is 26.8 Å². The van der Waals surface area contributed by atoms with Gasteiger partial charge in [-0.1, -0.05) is 0 Å². The highest BCUT2D eigenvalue weighted by atomic mass is 19.1. The first kappa shape index (κ1) is 25.1. The first-order valence-electron chi connectivity index (χ1n) is 11.3. The maximum Gasteiger partial charge on any atom is 0.310 e. The molecule has 0 saturated carbocycles. The molecule has 1 amide bonds.